The van der Waals surface area contributed by atoms with Crippen LogP contribution in [-0.2, 0) is 14.3 Å². The zero-order chi connectivity index (χ0) is 43.7. The third-order valence-corrected chi connectivity index (χ3v) is 13.0. The molecule has 1 heterocycles. The molecular formula is C51H101NO8. The van der Waals surface area contributed by atoms with Crippen molar-refractivity contribution in [2.75, 3.05) is 13.2 Å². The molecule has 1 fully saturated rings. The van der Waals surface area contributed by atoms with Crippen LogP contribution in [0.1, 0.15) is 264 Å². The second-order valence-electron chi connectivity index (χ2n) is 18.7. The summed E-state index contributed by atoms with van der Waals surface area (Å²) in [6.07, 6.45) is 42.1. The quantitative estimate of drug-likeness (QED) is 0.0332. The Labute approximate surface area is 370 Å². The largest absolute Gasteiger partial charge is 0.394 e. The molecule has 0 bridgehead atoms. The van der Waals surface area contributed by atoms with E-state index in [-0.39, 0.29) is 12.5 Å². The molecule has 0 spiro atoms. The number of unbranched alkanes of at least 4 members (excludes halogenated alkanes) is 35. The van der Waals surface area contributed by atoms with Crippen LogP contribution in [0.4, 0.5) is 0 Å². The van der Waals surface area contributed by atoms with E-state index in [1.54, 1.807) is 0 Å². The van der Waals surface area contributed by atoms with Crippen LogP contribution in [0.15, 0.2) is 0 Å². The molecule has 0 aromatic rings. The molecule has 1 aliphatic heterocycles. The van der Waals surface area contributed by atoms with Crippen LogP contribution in [0, 0.1) is 0 Å². The number of rotatable bonds is 45. The maximum Gasteiger partial charge on any atom is 0.220 e. The lowest BCUT2D eigenvalue weighted by atomic mass is 9.99. The number of ether oxygens (including phenoxy) is 2. The van der Waals surface area contributed by atoms with Crippen molar-refractivity contribution in [3.8, 4) is 0 Å². The fraction of sp³-hybridized carbons (Fsp3) is 0.980. The van der Waals surface area contributed by atoms with Gasteiger partial charge in [0.25, 0.3) is 0 Å². The molecule has 1 aliphatic rings. The van der Waals surface area contributed by atoms with Crippen molar-refractivity contribution in [3.63, 3.8) is 0 Å². The minimum Gasteiger partial charge on any atom is -0.394 e. The number of hydrogen-bond acceptors (Lipinski definition) is 8. The van der Waals surface area contributed by atoms with Gasteiger partial charge in [-0.25, -0.2) is 0 Å². The average Bonchev–Trinajstić information content (AvgIpc) is 3.25. The lowest BCUT2D eigenvalue weighted by Crippen LogP contribution is -2.60. The van der Waals surface area contributed by atoms with E-state index in [0.29, 0.717) is 12.8 Å². The Morgan fingerprint density at radius 3 is 1.18 bits per heavy atom. The zero-order valence-electron chi connectivity index (χ0n) is 39.5. The predicted molar refractivity (Wildman–Crippen MR) is 249 cm³/mol. The van der Waals surface area contributed by atoms with E-state index in [9.17, 15) is 30.3 Å². The van der Waals surface area contributed by atoms with E-state index in [4.69, 9.17) is 9.47 Å². The Kier molecular flexibility index (Phi) is 40.2. The highest BCUT2D eigenvalue weighted by Gasteiger charge is 2.44. The summed E-state index contributed by atoms with van der Waals surface area (Å²) in [4.78, 5) is 12.8. The van der Waals surface area contributed by atoms with E-state index in [0.717, 1.165) is 51.4 Å². The van der Waals surface area contributed by atoms with Crippen LogP contribution in [0.25, 0.3) is 0 Å². The SMILES string of the molecule is CCCCCCCCCCCCCCCCCCCCCCCCCCCCCCCCCCC(O)C(COC1OC(CO)C(O)C(O)C1O)NC(=O)CCCCCCC. The number of carbonyl (C=O) groups excluding carboxylic acids is 1. The van der Waals surface area contributed by atoms with Crippen LogP contribution in [0.3, 0.4) is 0 Å². The van der Waals surface area contributed by atoms with Gasteiger partial charge in [0.1, 0.15) is 24.4 Å². The van der Waals surface area contributed by atoms with Gasteiger partial charge in [-0.05, 0) is 12.8 Å². The van der Waals surface area contributed by atoms with Crippen LogP contribution >= 0.6 is 0 Å². The molecule has 0 radical (unpaired) electrons. The lowest BCUT2D eigenvalue weighted by Gasteiger charge is -2.40. The summed E-state index contributed by atoms with van der Waals surface area (Å²) >= 11 is 0. The van der Waals surface area contributed by atoms with Crippen molar-refractivity contribution in [3.05, 3.63) is 0 Å². The summed E-state index contributed by atoms with van der Waals surface area (Å²) in [6, 6.07) is -0.709. The van der Waals surface area contributed by atoms with Gasteiger partial charge in [0.15, 0.2) is 6.29 Å². The molecule has 358 valence electrons. The highest BCUT2D eigenvalue weighted by atomic mass is 16.7. The predicted octanol–water partition coefficient (Wildman–Crippen LogP) is 11.9. The van der Waals surface area contributed by atoms with Crippen molar-refractivity contribution in [2.24, 2.45) is 0 Å². The first-order valence-electron chi connectivity index (χ1n) is 26.2. The molecule has 0 aromatic heterocycles. The molecule has 7 unspecified atom stereocenters. The Hall–Kier alpha value is -0.810. The molecule has 0 aromatic carbocycles. The molecule has 9 heteroatoms. The van der Waals surface area contributed by atoms with Gasteiger partial charge in [-0.2, -0.15) is 0 Å². The van der Waals surface area contributed by atoms with Crippen molar-refractivity contribution in [2.45, 2.75) is 307 Å². The van der Waals surface area contributed by atoms with Gasteiger partial charge in [-0.15, -0.1) is 0 Å². The summed E-state index contributed by atoms with van der Waals surface area (Å²) < 4.78 is 11.2. The third-order valence-electron chi connectivity index (χ3n) is 13.0. The highest BCUT2D eigenvalue weighted by Crippen LogP contribution is 2.23. The third kappa shape index (κ3) is 31.9. The molecule has 1 rings (SSSR count). The maximum absolute atomic E-state index is 12.8. The first kappa shape index (κ1) is 57.2. The second kappa shape index (κ2) is 42.2. The number of hydrogen-bond donors (Lipinski definition) is 6. The molecular weight excluding hydrogens is 755 g/mol. The van der Waals surface area contributed by atoms with Gasteiger partial charge in [0.2, 0.25) is 5.91 Å². The molecule has 9 nitrogen and oxygen atoms in total. The number of amides is 1. The maximum atomic E-state index is 12.8. The van der Waals surface area contributed by atoms with Crippen LogP contribution in [-0.4, -0.2) is 87.5 Å². The van der Waals surface area contributed by atoms with Gasteiger partial charge in [0, 0.05) is 6.42 Å². The number of carbonyl (C=O) groups is 1. The van der Waals surface area contributed by atoms with Gasteiger partial charge >= 0.3 is 0 Å². The molecule has 1 saturated heterocycles. The zero-order valence-corrected chi connectivity index (χ0v) is 39.5. The van der Waals surface area contributed by atoms with E-state index >= 15 is 0 Å². The van der Waals surface area contributed by atoms with Gasteiger partial charge in [-0.1, -0.05) is 245 Å². The van der Waals surface area contributed by atoms with Gasteiger partial charge in [-0.3, -0.25) is 4.79 Å². The minimum absolute atomic E-state index is 0.134. The summed E-state index contributed by atoms with van der Waals surface area (Å²) in [7, 11) is 0. The van der Waals surface area contributed by atoms with Gasteiger partial charge < -0.3 is 40.3 Å². The first-order valence-corrected chi connectivity index (χ1v) is 26.2. The Morgan fingerprint density at radius 1 is 0.500 bits per heavy atom. The molecule has 7 atom stereocenters. The van der Waals surface area contributed by atoms with E-state index < -0.39 is 49.5 Å². The monoisotopic (exact) mass is 856 g/mol. The van der Waals surface area contributed by atoms with E-state index in [2.05, 4.69) is 19.2 Å². The van der Waals surface area contributed by atoms with Crippen LogP contribution in [0.2, 0.25) is 0 Å². The first-order chi connectivity index (χ1) is 29.3. The fourth-order valence-electron chi connectivity index (χ4n) is 8.75. The smallest absolute Gasteiger partial charge is 0.220 e. The minimum atomic E-state index is -1.55. The topological polar surface area (TPSA) is 149 Å². The van der Waals surface area contributed by atoms with Crippen molar-refractivity contribution < 1.29 is 39.8 Å². The summed E-state index contributed by atoms with van der Waals surface area (Å²) in [5.74, 6) is -0.154. The van der Waals surface area contributed by atoms with E-state index in [1.807, 2.05) is 0 Å². The number of nitrogens with one attached hydrogen (secondary N) is 1. The Bertz CT molecular complexity index is 908. The molecule has 1 amide bonds. The number of aliphatic hydroxyl groups excluding tert-OH is 5. The Morgan fingerprint density at radius 2 is 0.833 bits per heavy atom. The van der Waals surface area contributed by atoms with E-state index in [1.165, 1.54) is 186 Å². The molecule has 0 aliphatic carbocycles. The van der Waals surface area contributed by atoms with Crippen LogP contribution < -0.4 is 5.32 Å². The van der Waals surface area contributed by atoms with Crippen LogP contribution in [0.5, 0.6) is 0 Å². The number of aliphatic hydroxyl groups is 5. The van der Waals surface area contributed by atoms with Gasteiger partial charge in [0.05, 0.1) is 25.4 Å². The normalized spacial score (nSPS) is 20.4. The molecule has 6 N–H and O–H groups in total. The standard InChI is InChI=1S/C51H101NO8/c1-3-5-7-9-10-11-12-13-14-15-16-17-18-19-20-21-22-23-24-25-26-27-28-29-30-31-32-33-34-35-37-38-40-45(54)44(52-47(55)41-39-36-8-6-4-2)43-59-51-50(58)49(57)48(56)46(42-53)60-51/h44-46,48-51,53-54,56-58H,3-43H2,1-2H3,(H,52,55). The summed E-state index contributed by atoms with van der Waals surface area (Å²) in [5, 5.41) is 54.1. The summed E-state index contributed by atoms with van der Waals surface area (Å²) in [5.41, 5.74) is 0. The highest BCUT2D eigenvalue weighted by molar-refractivity contribution is 5.76. The molecule has 60 heavy (non-hydrogen) atoms. The van der Waals surface area contributed by atoms with Crippen molar-refractivity contribution >= 4 is 5.91 Å². The Balaban J connectivity index is 2.00. The lowest BCUT2D eigenvalue weighted by molar-refractivity contribution is -0.302. The second-order valence-corrected chi connectivity index (χ2v) is 18.7. The van der Waals surface area contributed by atoms with Crippen molar-refractivity contribution in [1.82, 2.24) is 5.32 Å². The molecule has 0 saturated carbocycles. The average molecular weight is 856 g/mol. The van der Waals surface area contributed by atoms with Crippen molar-refractivity contribution in [1.29, 1.82) is 0 Å². The summed E-state index contributed by atoms with van der Waals surface area (Å²) in [6.45, 7) is 3.76. The fourth-order valence-corrected chi connectivity index (χ4v) is 8.75.